The van der Waals surface area contributed by atoms with Crippen LogP contribution < -0.4 is 14.4 Å². The summed E-state index contributed by atoms with van der Waals surface area (Å²) >= 11 is 0. The number of anilines is 1. The zero-order valence-electron chi connectivity index (χ0n) is 24.8. The molecule has 0 saturated heterocycles. The molecule has 220 valence electrons. The molecule has 0 radical (unpaired) electrons. The van der Waals surface area contributed by atoms with Gasteiger partial charge in [-0.3, -0.25) is 13.9 Å². The predicted octanol–water partition coefficient (Wildman–Crippen LogP) is 5.09. The van der Waals surface area contributed by atoms with Gasteiger partial charge in [0.05, 0.1) is 17.7 Å². The molecule has 2 amide bonds. The van der Waals surface area contributed by atoms with Gasteiger partial charge in [0.1, 0.15) is 18.3 Å². The average Bonchev–Trinajstić information content (AvgIpc) is 2.97. The van der Waals surface area contributed by atoms with Crippen molar-refractivity contribution < 1.29 is 22.7 Å². The van der Waals surface area contributed by atoms with Crippen LogP contribution in [0.4, 0.5) is 5.69 Å². The second-order valence-electron chi connectivity index (χ2n) is 10.5. The molecule has 0 fully saturated rings. The highest BCUT2D eigenvalue weighted by molar-refractivity contribution is 7.92. The molecule has 3 aromatic carbocycles. The van der Waals surface area contributed by atoms with Crippen LogP contribution in [0.2, 0.25) is 0 Å². The van der Waals surface area contributed by atoms with Crippen molar-refractivity contribution in [3.63, 3.8) is 0 Å². The quantitative estimate of drug-likeness (QED) is 0.305. The third-order valence-electron chi connectivity index (χ3n) is 7.04. The van der Waals surface area contributed by atoms with Crippen molar-refractivity contribution in [1.82, 2.24) is 10.2 Å². The van der Waals surface area contributed by atoms with Gasteiger partial charge in [-0.05, 0) is 73.2 Å². The molecule has 0 spiro atoms. The number of nitrogens with one attached hydrogen (secondary N) is 1. The molecule has 9 heteroatoms. The smallest absolute Gasteiger partial charge is 0.264 e. The molecule has 3 rings (SSSR count). The number of carbonyl (C=O) groups excluding carboxylic acids is 2. The molecule has 1 N–H and O–H groups in total. The van der Waals surface area contributed by atoms with E-state index in [-0.39, 0.29) is 23.3 Å². The monoisotopic (exact) mass is 579 g/mol. The maximum atomic E-state index is 14.2. The van der Waals surface area contributed by atoms with Crippen LogP contribution >= 0.6 is 0 Å². The first-order valence-electron chi connectivity index (χ1n) is 13.8. The van der Waals surface area contributed by atoms with Crippen molar-refractivity contribution in [1.29, 1.82) is 0 Å². The van der Waals surface area contributed by atoms with E-state index in [1.54, 1.807) is 49.6 Å². The lowest BCUT2D eigenvalue weighted by Gasteiger charge is -2.34. The van der Waals surface area contributed by atoms with Gasteiger partial charge in [0.2, 0.25) is 11.8 Å². The van der Waals surface area contributed by atoms with E-state index in [0.717, 1.165) is 21.0 Å². The zero-order valence-corrected chi connectivity index (χ0v) is 25.6. The molecule has 0 aliphatic rings. The molecule has 0 aliphatic carbocycles. The lowest BCUT2D eigenvalue weighted by Crippen LogP contribution is -2.52. The predicted molar refractivity (Wildman–Crippen MR) is 162 cm³/mol. The summed E-state index contributed by atoms with van der Waals surface area (Å²) in [6.07, 6.45) is 0.362. The van der Waals surface area contributed by atoms with Crippen LogP contribution in [0.3, 0.4) is 0 Å². The summed E-state index contributed by atoms with van der Waals surface area (Å²) in [6, 6.07) is 19.9. The minimum Gasteiger partial charge on any atom is -0.497 e. The fraction of sp³-hybridized carbons (Fsp3) is 0.375. The highest BCUT2D eigenvalue weighted by Crippen LogP contribution is 2.29. The maximum Gasteiger partial charge on any atom is 0.264 e. The van der Waals surface area contributed by atoms with Crippen molar-refractivity contribution in [2.24, 2.45) is 5.92 Å². The van der Waals surface area contributed by atoms with Gasteiger partial charge in [0.25, 0.3) is 10.0 Å². The summed E-state index contributed by atoms with van der Waals surface area (Å²) < 4.78 is 34.4. The zero-order chi connectivity index (χ0) is 30.2. The maximum absolute atomic E-state index is 14.2. The number of nitrogens with zero attached hydrogens (tertiary/aromatic N) is 2. The van der Waals surface area contributed by atoms with Gasteiger partial charge in [-0.2, -0.15) is 0 Å². The number of carbonyl (C=O) groups is 2. The van der Waals surface area contributed by atoms with Crippen LogP contribution in [0.25, 0.3) is 0 Å². The molecule has 3 aromatic rings. The second kappa shape index (κ2) is 14.2. The van der Waals surface area contributed by atoms with Crippen LogP contribution in [-0.2, 0) is 26.2 Å². The van der Waals surface area contributed by atoms with Crippen LogP contribution in [0, 0.1) is 19.8 Å². The third-order valence-corrected chi connectivity index (χ3v) is 8.81. The number of benzene rings is 3. The van der Waals surface area contributed by atoms with Crippen molar-refractivity contribution in [3.05, 3.63) is 89.5 Å². The fourth-order valence-electron chi connectivity index (χ4n) is 4.51. The molecule has 0 aromatic heterocycles. The Morgan fingerprint density at radius 3 is 2.17 bits per heavy atom. The van der Waals surface area contributed by atoms with Gasteiger partial charge in [-0.1, -0.05) is 63.2 Å². The Kier molecular flexibility index (Phi) is 10.9. The number of sulfonamides is 1. The number of hydrogen-bond donors (Lipinski definition) is 1. The summed E-state index contributed by atoms with van der Waals surface area (Å²) in [7, 11) is -2.53. The lowest BCUT2D eigenvalue weighted by atomic mass is 10.1. The number of rotatable bonds is 13. The number of methoxy groups -OCH3 is 1. The fourth-order valence-corrected chi connectivity index (χ4v) is 6.00. The van der Waals surface area contributed by atoms with E-state index in [9.17, 15) is 18.0 Å². The van der Waals surface area contributed by atoms with Crippen LogP contribution in [0.1, 0.15) is 43.9 Å². The Morgan fingerprint density at radius 2 is 1.59 bits per heavy atom. The molecule has 0 bridgehead atoms. The van der Waals surface area contributed by atoms with Crippen LogP contribution in [0.15, 0.2) is 77.7 Å². The Balaban J connectivity index is 2.07. The van der Waals surface area contributed by atoms with Gasteiger partial charge in [0, 0.05) is 13.1 Å². The Hall–Kier alpha value is -3.85. The van der Waals surface area contributed by atoms with E-state index >= 15 is 0 Å². The largest absolute Gasteiger partial charge is 0.497 e. The number of hydrogen-bond acceptors (Lipinski definition) is 5. The van der Waals surface area contributed by atoms with Gasteiger partial charge in [0.15, 0.2) is 0 Å². The van der Waals surface area contributed by atoms with E-state index in [1.165, 1.54) is 17.0 Å². The number of ether oxygens (including phenoxy) is 1. The van der Waals surface area contributed by atoms with E-state index in [4.69, 9.17) is 4.74 Å². The summed E-state index contributed by atoms with van der Waals surface area (Å²) in [5, 5.41) is 2.95. The Bertz CT molecular complexity index is 1420. The lowest BCUT2D eigenvalue weighted by molar-refractivity contribution is -0.140. The molecule has 41 heavy (non-hydrogen) atoms. The third kappa shape index (κ3) is 7.88. The van der Waals surface area contributed by atoms with Crippen molar-refractivity contribution in [2.75, 3.05) is 24.5 Å². The van der Waals surface area contributed by atoms with E-state index in [1.807, 2.05) is 52.8 Å². The minimum absolute atomic E-state index is 0.0807. The van der Waals surface area contributed by atoms with Crippen LogP contribution in [-0.4, -0.2) is 51.4 Å². The summed E-state index contributed by atoms with van der Waals surface area (Å²) in [4.78, 5) is 29.1. The Labute approximate surface area is 244 Å². The molecule has 0 aliphatic heterocycles. The minimum atomic E-state index is -4.11. The highest BCUT2D eigenvalue weighted by atomic mass is 32.2. The van der Waals surface area contributed by atoms with Gasteiger partial charge >= 0.3 is 0 Å². The number of amides is 2. The van der Waals surface area contributed by atoms with Crippen molar-refractivity contribution >= 4 is 27.5 Å². The second-order valence-corrected chi connectivity index (χ2v) is 12.3. The van der Waals surface area contributed by atoms with Crippen molar-refractivity contribution in [2.45, 2.75) is 58.5 Å². The van der Waals surface area contributed by atoms with Gasteiger partial charge < -0.3 is 15.0 Å². The first-order valence-corrected chi connectivity index (χ1v) is 15.3. The van der Waals surface area contributed by atoms with Crippen molar-refractivity contribution in [3.8, 4) is 5.75 Å². The molecular formula is C32H41N3O5S. The number of aryl methyl sites for hydroxylation is 1. The van der Waals surface area contributed by atoms with Gasteiger partial charge in [-0.25, -0.2) is 8.42 Å². The first-order chi connectivity index (χ1) is 19.5. The highest BCUT2D eigenvalue weighted by Gasteiger charge is 2.34. The van der Waals surface area contributed by atoms with Crippen LogP contribution in [0.5, 0.6) is 5.75 Å². The van der Waals surface area contributed by atoms with E-state index in [0.29, 0.717) is 24.4 Å². The topological polar surface area (TPSA) is 96.0 Å². The molecule has 1 atom stereocenters. The summed E-state index contributed by atoms with van der Waals surface area (Å²) in [5.74, 6) is 0.154. The molecule has 0 heterocycles. The molecular weight excluding hydrogens is 538 g/mol. The molecule has 8 nitrogen and oxygen atoms in total. The first kappa shape index (κ1) is 31.7. The van der Waals surface area contributed by atoms with E-state index in [2.05, 4.69) is 5.32 Å². The summed E-state index contributed by atoms with van der Waals surface area (Å²) in [5.41, 5.74) is 2.86. The van der Waals surface area contributed by atoms with E-state index < -0.39 is 28.5 Å². The molecule has 0 saturated carbocycles. The normalized spacial score (nSPS) is 12.1. The Morgan fingerprint density at radius 1 is 0.927 bits per heavy atom. The SMILES string of the molecule is CC[C@H](C(=O)NCC(C)C)N(Cc1ccc(OC)cc1)C(=O)CN(c1cccc(C)c1C)S(=O)(=O)c1ccccc1. The molecule has 0 unspecified atom stereocenters. The standard InChI is InChI=1S/C32H41N3O5S/c1-7-29(32(37)33-20-23(2)3)34(21-26-16-18-27(40-6)19-17-26)31(36)22-35(30-15-11-12-24(4)25(30)5)41(38,39)28-13-9-8-10-14-28/h8-19,23,29H,7,20-22H2,1-6H3,(H,33,37)/t29-/m1/s1. The van der Waals surface area contributed by atoms with Gasteiger partial charge in [-0.15, -0.1) is 0 Å². The average molecular weight is 580 g/mol. The summed E-state index contributed by atoms with van der Waals surface area (Å²) in [6.45, 7) is 9.71.